The molecule has 11 N–H and O–H groups in total. The van der Waals surface area contributed by atoms with Gasteiger partial charge in [0.25, 0.3) is 0 Å². The van der Waals surface area contributed by atoms with E-state index in [1.165, 1.54) is 0 Å². The van der Waals surface area contributed by atoms with Gasteiger partial charge in [-0.1, -0.05) is 0 Å². The van der Waals surface area contributed by atoms with Gasteiger partial charge in [0, 0.05) is 0 Å². The first-order chi connectivity index (χ1) is 12.1. The third kappa shape index (κ3) is 9.54. The molecule has 148 valence electrons. The van der Waals surface area contributed by atoms with E-state index in [-0.39, 0.29) is 6.42 Å². The largest absolute Gasteiger partial charge is 0.480 e. The van der Waals surface area contributed by atoms with Crippen molar-refractivity contribution in [2.24, 2.45) is 22.9 Å². The number of carboxylic acids is 1. The first-order valence-electron chi connectivity index (χ1n) is 7.94. The van der Waals surface area contributed by atoms with Crippen LogP contribution in [-0.2, 0) is 24.0 Å². The lowest BCUT2D eigenvalue weighted by Crippen LogP contribution is -2.55. The fraction of sp³-hybridized carbons (Fsp3) is 0.643. The zero-order valence-corrected chi connectivity index (χ0v) is 14.3. The number of primary amides is 2. The van der Waals surface area contributed by atoms with Crippen LogP contribution < -0.4 is 33.6 Å². The number of hydrogen-bond donors (Lipinski definition) is 7. The van der Waals surface area contributed by atoms with E-state index in [4.69, 9.17) is 28.0 Å². The average Bonchev–Trinajstić information content (AvgIpc) is 2.51. The fourth-order valence-corrected chi connectivity index (χ4v) is 2.02. The summed E-state index contributed by atoms with van der Waals surface area (Å²) in [6.45, 7) is 0.373. The van der Waals surface area contributed by atoms with Crippen LogP contribution in [0.2, 0.25) is 0 Å². The van der Waals surface area contributed by atoms with E-state index in [0.29, 0.717) is 19.4 Å². The number of carbonyl (C=O) groups excluding carboxylic acids is 4. The van der Waals surface area contributed by atoms with Crippen molar-refractivity contribution in [2.75, 3.05) is 6.54 Å². The van der Waals surface area contributed by atoms with Crippen LogP contribution in [0.25, 0.3) is 0 Å². The summed E-state index contributed by atoms with van der Waals surface area (Å²) < 4.78 is 0. The Morgan fingerprint density at radius 1 is 0.846 bits per heavy atom. The molecular formula is C14H26N6O6. The molecule has 3 unspecified atom stereocenters. The maximum Gasteiger partial charge on any atom is 0.326 e. The van der Waals surface area contributed by atoms with Gasteiger partial charge in [-0.2, -0.15) is 0 Å². The summed E-state index contributed by atoms with van der Waals surface area (Å²) in [4.78, 5) is 57.3. The van der Waals surface area contributed by atoms with Gasteiger partial charge in [-0.25, -0.2) is 4.79 Å². The molecular weight excluding hydrogens is 348 g/mol. The standard InChI is InChI=1S/C14H26N6O6/c15-4-2-1-3-8(14(25)26)19-13(24)9(6-11(18)22)20-12(23)7(16)5-10(17)21/h7-9H,1-6,15-16H2,(H2,17,21)(H2,18,22)(H,19,24)(H,20,23)(H,25,26). The highest BCUT2D eigenvalue weighted by molar-refractivity contribution is 5.95. The van der Waals surface area contributed by atoms with Crippen LogP contribution in [0, 0.1) is 0 Å². The molecule has 0 spiro atoms. The molecule has 0 heterocycles. The molecule has 26 heavy (non-hydrogen) atoms. The van der Waals surface area contributed by atoms with Crippen molar-refractivity contribution in [1.82, 2.24) is 10.6 Å². The number of unbranched alkanes of at least 4 members (excludes halogenated alkanes) is 1. The molecule has 0 fully saturated rings. The van der Waals surface area contributed by atoms with Crippen molar-refractivity contribution in [3.8, 4) is 0 Å². The maximum atomic E-state index is 12.3. The molecule has 0 aromatic heterocycles. The van der Waals surface area contributed by atoms with Crippen molar-refractivity contribution in [2.45, 2.75) is 50.2 Å². The number of hydrogen-bond acceptors (Lipinski definition) is 7. The molecule has 0 aliphatic heterocycles. The van der Waals surface area contributed by atoms with E-state index in [1.807, 2.05) is 0 Å². The zero-order chi connectivity index (χ0) is 20.3. The van der Waals surface area contributed by atoms with Crippen LogP contribution in [0.15, 0.2) is 0 Å². The number of nitrogens with one attached hydrogen (secondary N) is 2. The maximum absolute atomic E-state index is 12.3. The molecule has 0 rings (SSSR count). The van der Waals surface area contributed by atoms with Gasteiger partial charge in [0.05, 0.1) is 18.9 Å². The monoisotopic (exact) mass is 374 g/mol. The molecule has 12 nitrogen and oxygen atoms in total. The Labute approximate surface area is 150 Å². The van der Waals surface area contributed by atoms with E-state index >= 15 is 0 Å². The Morgan fingerprint density at radius 3 is 1.85 bits per heavy atom. The molecule has 3 atom stereocenters. The second-order valence-electron chi connectivity index (χ2n) is 5.69. The van der Waals surface area contributed by atoms with Crippen molar-refractivity contribution in [3.63, 3.8) is 0 Å². The number of nitrogens with two attached hydrogens (primary N) is 4. The van der Waals surface area contributed by atoms with Crippen molar-refractivity contribution < 1.29 is 29.1 Å². The molecule has 0 saturated heterocycles. The van der Waals surface area contributed by atoms with Gasteiger partial charge in [-0.05, 0) is 25.8 Å². The summed E-state index contributed by atoms with van der Waals surface area (Å²) in [6, 6.07) is -3.98. The third-order valence-electron chi connectivity index (χ3n) is 3.36. The SMILES string of the molecule is NCCCCC(NC(=O)C(CC(N)=O)NC(=O)C(N)CC(N)=O)C(=O)O. The lowest BCUT2D eigenvalue weighted by molar-refractivity contribution is -0.142. The number of carbonyl (C=O) groups is 5. The number of amides is 4. The van der Waals surface area contributed by atoms with Gasteiger partial charge in [-0.15, -0.1) is 0 Å². The fourth-order valence-electron chi connectivity index (χ4n) is 2.02. The van der Waals surface area contributed by atoms with Crippen LogP contribution >= 0.6 is 0 Å². The minimum atomic E-state index is -1.43. The topological polar surface area (TPSA) is 234 Å². The molecule has 0 aliphatic carbocycles. The number of aliphatic carboxylic acids is 1. The summed E-state index contributed by atoms with van der Waals surface area (Å²) >= 11 is 0. The highest BCUT2D eigenvalue weighted by Crippen LogP contribution is 2.03. The molecule has 0 radical (unpaired) electrons. The van der Waals surface area contributed by atoms with Crippen LogP contribution in [0.3, 0.4) is 0 Å². The highest BCUT2D eigenvalue weighted by atomic mass is 16.4. The molecule has 0 aromatic carbocycles. The third-order valence-corrected chi connectivity index (χ3v) is 3.36. The van der Waals surface area contributed by atoms with Crippen LogP contribution in [0.1, 0.15) is 32.1 Å². The predicted molar refractivity (Wildman–Crippen MR) is 90.0 cm³/mol. The van der Waals surface area contributed by atoms with Gasteiger partial charge >= 0.3 is 5.97 Å². The highest BCUT2D eigenvalue weighted by Gasteiger charge is 2.29. The smallest absolute Gasteiger partial charge is 0.326 e. The van der Waals surface area contributed by atoms with Gasteiger partial charge in [-0.3, -0.25) is 19.2 Å². The van der Waals surface area contributed by atoms with Gasteiger partial charge in [0.15, 0.2) is 0 Å². The first kappa shape index (κ1) is 23.3. The van der Waals surface area contributed by atoms with Crippen molar-refractivity contribution in [1.29, 1.82) is 0 Å². The van der Waals surface area contributed by atoms with Gasteiger partial charge in [0.2, 0.25) is 23.6 Å². The Kier molecular flexibility index (Phi) is 10.5. The van der Waals surface area contributed by atoms with E-state index in [9.17, 15) is 24.0 Å². The summed E-state index contributed by atoms with van der Waals surface area (Å²) in [5, 5.41) is 13.6. The number of rotatable bonds is 13. The summed E-state index contributed by atoms with van der Waals surface area (Å²) in [7, 11) is 0. The zero-order valence-electron chi connectivity index (χ0n) is 14.3. The second kappa shape index (κ2) is 11.8. The molecule has 0 aromatic rings. The normalized spacial score (nSPS) is 13.9. The molecule has 12 heteroatoms. The van der Waals surface area contributed by atoms with E-state index in [0.717, 1.165) is 0 Å². The van der Waals surface area contributed by atoms with E-state index < -0.39 is 60.6 Å². The Hall–Kier alpha value is -2.73. The lowest BCUT2D eigenvalue weighted by Gasteiger charge is -2.22. The van der Waals surface area contributed by atoms with E-state index in [1.54, 1.807) is 0 Å². The van der Waals surface area contributed by atoms with Crippen molar-refractivity contribution in [3.05, 3.63) is 0 Å². The lowest BCUT2D eigenvalue weighted by atomic mass is 10.1. The minimum absolute atomic E-state index is 0.122. The summed E-state index contributed by atoms with van der Waals surface area (Å²) in [5.41, 5.74) is 20.8. The Bertz CT molecular complexity index is 540. The quantitative estimate of drug-likeness (QED) is 0.158. The molecule has 0 bridgehead atoms. The Balaban J connectivity index is 5.00. The first-order valence-corrected chi connectivity index (χ1v) is 7.94. The average molecular weight is 374 g/mol. The molecule has 0 saturated carbocycles. The van der Waals surface area contributed by atoms with E-state index in [2.05, 4.69) is 10.6 Å². The predicted octanol–water partition coefficient (Wildman–Crippen LogP) is -3.75. The van der Waals surface area contributed by atoms with Crippen molar-refractivity contribution >= 4 is 29.6 Å². The number of carboxylic acid groups (broad SMARTS) is 1. The van der Waals surface area contributed by atoms with Crippen LogP contribution in [0.5, 0.6) is 0 Å². The van der Waals surface area contributed by atoms with Gasteiger partial charge in [0.1, 0.15) is 12.1 Å². The summed E-state index contributed by atoms with van der Waals surface area (Å²) in [5.74, 6) is -4.81. The van der Waals surface area contributed by atoms with Crippen LogP contribution in [-0.4, -0.2) is 59.4 Å². The van der Waals surface area contributed by atoms with Gasteiger partial charge < -0.3 is 38.7 Å². The summed E-state index contributed by atoms with van der Waals surface area (Å²) in [6.07, 6.45) is 0.118. The minimum Gasteiger partial charge on any atom is -0.480 e. The van der Waals surface area contributed by atoms with Crippen LogP contribution in [0.4, 0.5) is 0 Å². The molecule has 4 amide bonds. The Morgan fingerprint density at radius 2 is 1.38 bits per heavy atom. The molecule has 0 aliphatic rings. The second-order valence-corrected chi connectivity index (χ2v) is 5.69.